The molecule has 0 rings (SSSR count). The quantitative estimate of drug-likeness (QED) is 0.242. The Labute approximate surface area is 60.7 Å². The molecule has 56 valence electrons. The van der Waals surface area contributed by atoms with Crippen molar-refractivity contribution in [3.63, 3.8) is 0 Å². The highest BCUT2D eigenvalue weighted by Crippen LogP contribution is 1.79. The van der Waals surface area contributed by atoms with Gasteiger partial charge < -0.3 is 5.73 Å². The number of nitrogens with zero attached hydrogens (tertiary/aromatic N) is 2. The van der Waals surface area contributed by atoms with Crippen LogP contribution in [0.5, 0.6) is 0 Å². The third-order valence-electron chi connectivity index (χ3n) is 0.944. The second kappa shape index (κ2) is 4.77. The highest BCUT2D eigenvalue weighted by atomic mass is 15.0. The molecule has 4 nitrogen and oxygen atoms in total. The lowest BCUT2D eigenvalue weighted by molar-refractivity contribution is 0.913. The summed E-state index contributed by atoms with van der Waals surface area (Å²) in [7, 11) is 0. The topological polar surface area (TPSA) is 74.2 Å². The Balaban J connectivity index is 4.01. The monoisotopic (exact) mass is 140 g/mol. The van der Waals surface area contributed by atoms with Gasteiger partial charge in [-0.1, -0.05) is 0 Å². The van der Waals surface area contributed by atoms with Crippen LogP contribution < -0.4 is 11.1 Å². The van der Waals surface area contributed by atoms with Gasteiger partial charge >= 0.3 is 0 Å². The molecular weight excluding hydrogens is 128 g/mol. The van der Waals surface area contributed by atoms with E-state index in [1.807, 2.05) is 6.92 Å². The van der Waals surface area contributed by atoms with E-state index in [1.54, 1.807) is 13.1 Å². The van der Waals surface area contributed by atoms with E-state index in [0.29, 0.717) is 12.4 Å². The van der Waals surface area contributed by atoms with Crippen LogP contribution in [0, 0.1) is 11.5 Å². The molecule has 0 bridgehead atoms. The number of nitrogens with one attached hydrogen (secondary N) is 1. The minimum atomic E-state index is -0.195. The summed E-state index contributed by atoms with van der Waals surface area (Å²) in [5.74, 6) is 0.546. The number of amidine groups is 1. The van der Waals surface area contributed by atoms with Crippen molar-refractivity contribution in [1.29, 1.82) is 5.26 Å². The van der Waals surface area contributed by atoms with Gasteiger partial charge in [-0.25, -0.2) is 0 Å². The fourth-order valence-electron chi connectivity index (χ4n) is 0.525. The molecule has 0 aromatic rings. The molecule has 0 saturated carbocycles. The third-order valence-corrected chi connectivity index (χ3v) is 0.944. The van der Waals surface area contributed by atoms with Gasteiger partial charge in [-0.3, -0.25) is 10.3 Å². The fourth-order valence-corrected chi connectivity index (χ4v) is 0.525. The van der Waals surface area contributed by atoms with E-state index in [1.165, 1.54) is 0 Å². The van der Waals surface area contributed by atoms with Crippen molar-refractivity contribution in [1.82, 2.24) is 5.32 Å². The Bertz CT molecular complexity index is 154. The molecule has 0 amide bonds. The summed E-state index contributed by atoms with van der Waals surface area (Å²) < 4.78 is 0. The van der Waals surface area contributed by atoms with Crippen molar-refractivity contribution in [3.8, 4) is 6.19 Å². The van der Waals surface area contributed by atoms with E-state index >= 15 is 0 Å². The Morgan fingerprint density at radius 1 is 1.90 bits per heavy atom. The summed E-state index contributed by atoms with van der Waals surface area (Å²) in [5.41, 5.74) is 5.46. The summed E-state index contributed by atoms with van der Waals surface area (Å²) in [5, 5.41) is 10.6. The van der Waals surface area contributed by atoms with Crippen molar-refractivity contribution in [2.24, 2.45) is 10.7 Å². The smallest absolute Gasteiger partial charge is 0.182 e. The van der Waals surface area contributed by atoms with Crippen molar-refractivity contribution in [2.75, 3.05) is 6.54 Å². The molecule has 1 unspecified atom stereocenters. The zero-order valence-electron chi connectivity index (χ0n) is 6.26. The molecule has 0 heterocycles. The molecule has 3 N–H and O–H groups in total. The second-order valence-corrected chi connectivity index (χ2v) is 1.89. The van der Waals surface area contributed by atoms with Crippen LogP contribution in [0.15, 0.2) is 4.99 Å². The number of hydrogen-bond donors (Lipinski definition) is 2. The van der Waals surface area contributed by atoms with Crippen molar-refractivity contribution in [3.05, 3.63) is 0 Å². The predicted octanol–water partition coefficient (Wildman–Crippen LogP) is -0.177. The summed E-state index contributed by atoms with van der Waals surface area (Å²) in [6.45, 7) is 4.31. The first kappa shape index (κ1) is 8.92. The molecular formula is C6H12N4. The number of hydrogen-bond acceptors (Lipinski definition) is 3. The molecule has 0 spiro atoms. The van der Waals surface area contributed by atoms with Gasteiger partial charge in [-0.2, -0.15) is 5.26 Å². The van der Waals surface area contributed by atoms with E-state index in [4.69, 9.17) is 11.0 Å². The SMILES string of the molecule is CCN=C(NC#N)C(C)N. The molecule has 10 heavy (non-hydrogen) atoms. The molecule has 0 radical (unpaired) electrons. The van der Waals surface area contributed by atoms with E-state index in [0.717, 1.165) is 0 Å². The van der Waals surface area contributed by atoms with Gasteiger partial charge in [0.1, 0.15) is 5.84 Å². The Kier molecular flexibility index (Phi) is 4.25. The molecule has 0 aromatic heterocycles. The van der Waals surface area contributed by atoms with Crippen LogP contribution in [0.4, 0.5) is 0 Å². The molecule has 4 heteroatoms. The first-order chi connectivity index (χ1) is 4.72. The third kappa shape index (κ3) is 3.05. The lowest BCUT2D eigenvalue weighted by Gasteiger charge is -2.05. The van der Waals surface area contributed by atoms with E-state index in [-0.39, 0.29) is 6.04 Å². The Morgan fingerprint density at radius 2 is 2.50 bits per heavy atom. The number of nitrogens with two attached hydrogens (primary N) is 1. The van der Waals surface area contributed by atoms with Gasteiger partial charge in [-0.15, -0.1) is 0 Å². The molecule has 1 atom stereocenters. The highest BCUT2D eigenvalue weighted by molar-refractivity contribution is 5.87. The van der Waals surface area contributed by atoms with Crippen LogP contribution in [-0.2, 0) is 0 Å². The summed E-state index contributed by atoms with van der Waals surface area (Å²) in [6, 6.07) is -0.195. The number of nitriles is 1. The van der Waals surface area contributed by atoms with E-state index in [9.17, 15) is 0 Å². The van der Waals surface area contributed by atoms with Crippen LogP contribution >= 0.6 is 0 Å². The Hall–Kier alpha value is -1.08. The Morgan fingerprint density at radius 3 is 2.80 bits per heavy atom. The van der Waals surface area contributed by atoms with Gasteiger partial charge in [0.05, 0.1) is 6.04 Å². The van der Waals surface area contributed by atoms with Crippen LogP contribution in [-0.4, -0.2) is 18.4 Å². The maximum atomic E-state index is 8.21. The van der Waals surface area contributed by atoms with Crippen LogP contribution in [0.1, 0.15) is 13.8 Å². The molecule has 0 aliphatic carbocycles. The largest absolute Gasteiger partial charge is 0.322 e. The van der Waals surface area contributed by atoms with Crippen LogP contribution in [0.2, 0.25) is 0 Å². The normalized spacial score (nSPS) is 14.0. The minimum absolute atomic E-state index is 0.195. The average Bonchev–Trinajstić information content (AvgIpc) is 1.87. The average molecular weight is 140 g/mol. The van der Waals surface area contributed by atoms with Gasteiger partial charge in [0.15, 0.2) is 6.19 Å². The molecule has 0 saturated heterocycles. The van der Waals surface area contributed by atoms with Gasteiger partial charge in [-0.05, 0) is 13.8 Å². The maximum absolute atomic E-state index is 8.21. The van der Waals surface area contributed by atoms with Gasteiger partial charge in [0.2, 0.25) is 0 Å². The summed E-state index contributed by atoms with van der Waals surface area (Å²) in [4.78, 5) is 3.97. The molecule has 0 fully saturated rings. The number of aliphatic imine (C=N–C) groups is 1. The number of rotatable bonds is 2. The van der Waals surface area contributed by atoms with E-state index in [2.05, 4.69) is 10.3 Å². The highest BCUT2D eigenvalue weighted by Gasteiger charge is 2.01. The first-order valence-corrected chi connectivity index (χ1v) is 3.17. The molecule has 0 aromatic carbocycles. The van der Waals surface area contributed by atoms with Crippen molar-refractivity contribution < 1.29 is 0 Å². The lowest BCUT2D eigenvalue weighted by Crippen LogP contribution is -2.36. The second-order valence-electron chi connectivity index (χ2n) is 1.89. The fraction of sp³-hybridized carbons (Fsp3) is 0.667. The van der Waals surface area contributed by atoms with Gasteiger partial charge in [0, 0.05) is 6.54 Å². The zero-order valence-corrected chi connectivity index (χ0v) is 6.26. The van der Waals surface area contributed by atoms with Gasteiger partial charge in [0.25, 0.3) is 0 Å². The van der Waals surface area contributed by atoms with Crippen molar-refractivity contribution in [2.45, 2.75) is 19.9 Å². The van der Waals surface area contributed by atoms with Crippen LogP contribution in [0.3, 0.4) is 0 Å². The van der Waals surface area contributed by atoms with E-state index < -0.39 is 0 Å². The molecule has 0 aliphatic rings. The maximum Gasteiger partial charge on any atom is 0.182 e. The zero-order chi connectivity index (χ0) is 7.98. The standard InChI is InChI=1S/C6H12N4/c1-3-9-6(5(2)8)10-4-7/h5H,3,8H2,1-2H3,(H,9,10). The predicted molar refractivity (Wildman–Crippen MR) is 40.4 cm³/mol. The minimum Gasteiger partial charge on any atom is -0.322 e. The van der Waals surface area contributed by atoms with Crippen LogP contribution in [0.25, 0.3) is 0 Å². The lowest BCUT2D eigenvalue weighted by atomic mass is 10.3. The van der Waals surface area contributed by atoms with Crippen molar-refractivity contribution >= 4 is 5.84 Å². The summed E-state index contributed by atoms with van der Waals surface area (Å²) >= 11 is 0. The first-order valence-electron chi connectivity index (χ1n) is 3.17. The summed E-state index contributed by atoms with van der Waals surface area (Å²) in [6.07, 6.45) is 1.77. The molecule has 0 aliphatic heterocycles.